The first-order valence-electron chi connectivity index (χ1n) is 7.38. The van der Waals surface area contributed by atoms with Gasteiger partial charge in [0.15, 0.2) is 16.8 Å². The second kappa shape index (κ2) is 9.36. The van der Waals surface area contributed by atoms with Crippen LogP contribution in [0.1, 0.15) is 6.23 Å². The molecule has 1 aromatic heterocycles. The van der Waals surface area contributed by atoms with Gasteiger partial charge in [0, 0.05) is 11.1 Å². The fraction of sp³-hybridized carbons (Fsp3) is 0.500. The Bertz CT molecular complexity index is 1210. The number of phosphoric ester groups is 1. The quantitative estimate of drug-likeness (QED) is 0.0765. The maximum atomic E-state index is 13.8. The van der Waals surface area contributed by atoms with E-state index in [0.29, 0.717) is 10.8 Å². The zero-order valence-electron chi connectivity index (χ0n) is 14.7. The van der Waals surface area contributed by atoms with Gasteiger partial charge in [-0.05, 0) is 22.9 Å². The van der Waals surface area contributed by atoms with Crippen molar-refractivity contribution in [2.45, 2.75) is 24.3 Å². The summed E-state index contributed by atoms with van der Waals surface area (Å²) in [5.74, 6) is -4.46. The predicted molar refractivity (Wildman–Crippen MR) is 99.4 cm³/mol. The van der Waals surface area contributed by atoms with E-state index in [-0.39, 0.29) is 0 Å². The van der Waals surface area contributed by atoms with Crippen LogP contribution in [0.5, 0.6) is 0 Å². The lowest BCUT2D eigenvalue weighted by atomic mass is 10.2. The molecule has 0 aliphatic carbocycles. The lowest BCUT2D eigenvalue weighted by molar-refractivity contribution is -0.222. The maximum absolute atomic E-state index is 13.8. The third-order valence-electron chi connectivity index (χ3n) is 3.32. The molecule has 0 bridgehead atoms. The van der Waals surface area contributed by atoms with Crippen molar-refractivity contribution < 1.29 is 65.8 Å². The van der Waals surface area contributed by atoms with Crippen molar-refractivity contribution in [1.82, 2.24) is 9.55 Å². The minimum atomic E-state index is -6.03. The summed E-state index contributed by atoms with van der Waals surface area (Å²) in [4.78, 5) is 40.3. The van der Waals surface area contributed by atoms with Crippen LogP contribution in [0.3, 0.4) is 0 Å². The molecule has 1 aromatic rings. The van der Waals surface area contributed by atoms with Crippen molar-refractivity contribution in [2.75, 3.05) is 0 Å². The Morgan fingerprint density at radius 3 is 2.34 bits per heavy atom. The van der Waals surface area contributed by atoms with Crippen LogP contribution >= 0.6 is 47.9 Å². The summed E-state index contributed by atoms with van der Waals surface area (Å²) in [6, 6.07) is 0. The first-order chi connectivity index (χ1) is 14.4. The van der Waals surface area contributed by atoms with Crippen LogP contribution in [-0.4, -0.2) is 57.5 Å². The second-order valence-electron chi connectivity index (χ2n) is 5.59. The lowest BCUT2D eigenvalue weighted by Gasteiger charge is -2.28. The topological polar surface area (TPSA) is 279 Å². The number of rotatable bonds is 8. The fourth-order valence-electron chi connectivity index (χ4n) is 2.26. The summed E-state index contributed by atoms with van der Waals surface area (Å²) in [5, 5.41) is 23.2. The minimum Gasteiger partial charge on any atom is -0.385 e. The average Bonchev–Trinajstić information content (AvgIpc) is 2.80. The SMILES string of the molecule is [N-]=[N+]=N[C@]1(OP(=O)(O)OP(=O)(O)OP(=O)(O)O)O[C@@H](n2cc(F)c(=S)[nH]c2=S)C(O)[C@H]1O. The number of nitrogens with zero attached hydrogens (tertiary/aromatic N) is 4. The molecule has 2 rings (SSSR count). The molecule has 0 aromatic carbocycles. The Balaban J connectivity index is 2.44. The van der Waals surface area contributed by atoms with Gasteiger partial charge < -0.3 is 39.5 Å². The van der Waals surface area contributed by atoms with Crippen molar-refractivity contribution in [2.24, 2.45) is 5.11 Å². The van der Waals surface area contributed by atoms with E-state index in [0.717, 1.165) is 0 Å². The van der Waals surface area contributed by atoms with Gasteiger partial charge in [-0.1, -0.05) is 12.2 Å². The highest BCUT2D eigenvalue weighted by molar-refractivity contribution is 7.72. The normalized spacial score (nSPS) is 29.7. The number of ether oxygens (including phenoxy) is 1. The standard InChI is InChI=1S/C8H11FN5O13P3S2/c9-2-1-14(7(32)11-5(2)31)6-3(15)4(16)8(24-6,12-13-10)25-29(20,21)27-30(22,23)26-28(17,18)19/h1,3-4,6,15-16H,(H,20,21)(H,22,23)(H,11,31,32)(H2,17,18,19)/t3?,4-,6-,8+/m1/s1. The summed E-state index contributed by atoms with van der Waals surface area (Å²) < 4.78 is 64.1. The van der Waals surface area contributed by atoms with Crippen molar-refractivity contribution in [3.8, 4) is 0 Å². The number of aromatic amines is 1. The molecular weight excluding hydrogens is 550 g/mol. The molecule has 7 N–H and O–H groups in total. The molecule has 1 saturated heterocycles. The third-order valence-corrected chi connectivity index (χ3v) is 7.75. The minimum absolute atomic E-state index is 0.400. The molecule has 1 aliphatic rings. The number of nitrogens with one attached hydrogen (secondary N) is 1. The van der Waals surface area contributed by atoms with Gasteiger partial charge in [0.1, 0.15) is 16.8 Å². The van der Waals surface area contributed by atoms with Gasteiger partial charge in [0.25, 0.3) is 5.91 Å². The lowest BCUT2D eigenvalue weighted by Crippen LogP contribution is -2.43. The van der Waals surface area contributed by atoms with Crippen LogP contribution in [-0.2, 0) is 31.6 Å². The fourth-order valence-corrected chi connectivity index (χ4v) is 5.89. The highest BCUT2D eigenvalue weighted by Crippen LogP contribution is 2.67. The van der Waals surface area contributed by atoms with Gasteiger partial charge in [-0.15, -0.1) is 0 Å². The van der Waals surface area contributed by atoms with E-state index >= 15 is 0 Å². The van der Waals surface area contributed by atoms with Crippen LogP contribution in [0.4, 0.5) is 4.39 Å². The first kappa shape index (κ1) is 27.3. The van der Waals surface area contributed by atoms with Crippen molar-refractivity contribution in [3.05, 3.63) is 31.9 Å². The zero-order chi connectivity index (χ0) is 24.7. The van der Waals surface area contributed by atoms with E-state index in [1.807, 2.05) is 0 Å². The Hall–Kier alpha value is -0.950. The smallest absolute Gasteiger partial charge is 0.385 e. The second-order valence-corrected chi connectivity index (χ2v) is 10.7. The molecule has 0 saturated carbocycles. The van der Waals surface area contributed by atoms with E-state index in [4.69, 9.17) is 32.3 Å². The molecule has 0 radical (unpaired) electrons. The van der Waals surface area contributed by atoms with Gasteiger partial charge in [-0.3, -0.25) is 4.57 Å². The highest BCUT2D eigenvalue weighted by atomic mass is 32.1. The molecule has 24 heteroatoms. The first-order valence-corrected chi connectivity index (χ1v) is 12.7. The van der Waals surface area contributed by atoms with Crippen LogP contribution in [0, 0.1) is 15.2 Å². The van der Waals surface area contributed by atoms with Gasteiger partial charge in [-0.2, -0.15) is 8.62 Å². The van der Waals surface area contributed by atoms with Crippen LogP contribution < -0.4 is 0 Å². The number of H-pyrrole nitrogens is 1. The van der Waals surface area contributed by atoms with E-state index in [1.165, 1.54) is 0 Å². The molecule has 0 amide bonds. The molecular formula is C8H11FN5O13P3S2. The van der Waals surface area contributed by atoms with E-state index in [2.05, 4.69) is 40.4 Å². The van der Waals surface area contributed by atoms with E-state index in [9.17, 15) is 38.1 Å². The Kier molecular flexibility index (Phi) is 7.98. The van der Waals surface area contributed by atoms with Gasteiger partial charge in [-0.25, -0.2) is 22.6 Å². The van der Waals surface area contributed by atoms with E-state index < -0.39 is 63.0 Å². The van der Waals surface area contributed by atoms with Gasteiger partial charge >= 0.3 is 23.5 Å². The Morgan fingerprint density at radius 1 is 1.22 bits per heavy atom. The number of hydrogen-bond acceptors (Lipinski definition) is 12. The van der Waals surface area contributed by atoms with Crippen LogP contribution in [0.15, 0.2) is 11.3 Å². The number of phosphoric acid groups is 3. The average molecular weight is 561 g/mol. The molecule has 6 atom stereocenters. The predicted octanol–water partition coefficient (Wildman–Crippen LogP) is 0.972. The molecule has 180 valence electrons. The van der Waals surface area contributed by atoms with E-state index in [1.54, 1.807) is 0 Å². The highest BCUT2D eigenvalue weighted by Gasteiger charge is 2.60. The van der Waals surface area contributed by atoms with Gasteiger partial charge in [0.2, 0.25) is 0 Å². The molecule has 2 heterocycles. The van der Waals surface area contributed by atoms with Gasteiger partial charge in [0.05, 0.1) is 0 Å². The number of hydrogen-bond donors (Lipinski definition) is 7. The zero-order valence-corrected chi connectivity index (χ0v) is 19.0. The number of halogens is 1. The summed E-state index contributed by atoms with van der Waals surface area (Å²) in [7, 11) is -17.7. The molecule has 18 nitrogen and oxygen atoms in total. The molecule has 1 aliphatic heterocycles. The van der Waals surface area contributed by atoms with Crippen LogP contribution in [0.2, 0.25) is 0 Å². The Labute approximate surface area is 184 Å². The number of aliphatic hydroxyl groups is 2. The number of azide groups is 1. The largest absolute Gasteiger partial charge is 0.490 e. The molecule has 32 heavy (non-hydrogen) atoms. The number of aromatic nitrogens is 2. The third kappa shape index (κ3) is 6.34. The summed E-state index contributed by atoms with van der Waals surface area (Å²) in [5.41, 5.74) is 8.72. The maximum Gasteiger partial charge on any atom is 0.490 e. The van der Waals surface area contributed by atoms with Crippen molar-refractivity contribution in [3.63, 3.8) is 0 Å². The number of aliphatic hydroxyl groups excluding tert-OH is 2. The van der Waals surface area contributed by atoms with Crippen LogP contribution in [0.25, 0.3) is 10.4 Å². The molecule has 0 spiro atoms. The monoisotopic (exact) mass is 561 g/mol. The summed E-state index contributed by atoms with van der Waals surface area (Å²) in [6.07, 6.45) is -6.11. The summed E-state index contributed by atoms with van der Waals surface area (Å²) >= 11 is 9.48. The Morgan fingerprint density at radius 2 is 1.81 bits per heavy atom. The van der Waals surface area contributed by atoms with Crippen molar-refractivity contribution in [1.29, 1.82) is 0 Å². The molecule has 3 unspecified atom stereocenters. The molecule has 1 fully saturated rings. The van der Waals surface area contributed by atoms with Crippen molar-refractivity contribution >= 4 is 47.9 Å². The summed E-state index contributed by atoms with van der Waals surface area (Å²) in [6.45, 7) is 0.